The highest BCUT2D eigenvalue weighted by atomic mass is 32.2. The number of aromatic hydroxyl groups is 1. The van der Waals surface area contributed by atoms with Crippen LogP contribution in [-0.2, 0) is 41.9 Å². The molecule has 0 unspecified atom stereocenters. The minimum absolute atomic E-state index is 0.0413. The Morgan fingerprint density at radius 1 is 1.17 bits per heavy atom. The lowest BCUT2D eigenvalue weighted by molar-refractivity contribution is -0.684. The molecule has 280 valence electrons. The zero-order valence-corrected chi connectivity index (χ0v) is 30.4. The lowest BCUT2D eigenvalue weighted by atomic mass is 10.0. The largest absolute Gasteiger partial charge is 0.543 e. The Balaban J connectivity index is 0.982. The number of aromatic nitrogens is 2. The summed E-state index contributed by atoms with van der Waals surface area (Å²) in [5.74, 6) is -3.24. The number of benzene rings is 1. The molecule has 1 aliphatic carbocycles. The Hall–Kier alpha value is -5.75. The van der Waals surface area contributed by atoms with E-state index in [1.54, 1.807) is 51.5 Å². The van der Waals surface area contributed by atoms with Crippen molar-refractivity contribution < 1.29 is 43.6 Å². The van der Waals surface area contributed by atoms with Gasteiger partial charge in [-0.2, -0.15) is 4.57 Å². The van der Waals surface area contributed by atoms with Crippen molar-refractivity contribution in [3.63, 3.8) is 0 Å². The van der Waals surface area contributed by atoms with Gasteiger partial charge in [0, 0.05) is 53.7 Å². The highest BCUT2D eigenvalue weighted by molar-refractivity contribution is 8.00. The lowest BCUT2D eigenvalue weighted by Crippen LogP contribution is -2.71. The van der Waals surface area contributed by atoms with E-state index in [0.29, 0.717) is 30.8 Å². The molecule has 54 heavy (non-hydrogen) atoms. The number of carbonyl (C=O) groups is 5. The molecule has 1 aromatic carbocycles. The molecule has 0 radical (unpaired) electrons. The number of carbonyl (C=O) groups excluding carboxylic acids is 5. The van der Waals surface area contributed by atoms with E-state index in [1.807, 2.05) is 0 Å². The molecule has 4 aliphatic rings. The highest BCUT2D eigenvalue weighted by Gasteiger charge is 2.53. The van der Waals surface area contributed by atoms with Gasteiger partial charge in [-0.15, -0.1) is 23.1 Å². The zero-order valence-electron chi connectivity index (χ0n) is 28.8. The molecular formula is C36H36N8O8S2. The van der Waals surface area contributed by atoms with Crippen LogP contribution in [0, 0.1) is 0 Å². The highest BCUT2D eigenvalue weighted by Crippen LogP contribution is 2.41. The number of aliphatic carboxylic acids is 1. The summed E-state index contributed by atoms with van der Waals surface area (Å²) in [7, 11) is 0. The topological polar surface area (TPSA) is 224 Å². The summed E-state index contributed by atoms with van der Waals surface area (Å²) < 4.78 is 1.68. The van der Waals surface area contributed by atoms with E-state index >= 15 is 0 Å². The van der Waals surface area contributed by atoms with Crippen molar-refractivity contribution in [2.75, 3.05) is 23.3 Å². The fraction of sp³-hybridized carbons (Fsp3) is 0.333. The maximum Gasteiger partial charge on any atom is 0.290 e. The van der Waals surface area contributed by atoms with Crippen molar-refractivity contribution in [1.82, 2.24) is 20.1 Å². The SMILES string of the molecule is Nc1nc(C(=NOC2CCCC2)C(=O)N[C@@H]2C(=O)N3C(C(=O)[O-])=C(C=C4CCN(Cc5cc[n+](CC(=O)Nc6cccc(O)c6)cc5)C4=O)CS[C@H]23)cs1. The van der Waals surface area contributed by atoms with Gasteiger partial charge in [0.15, 0.2) is 23.2 Å². The molecule has 2 saturated heterocycles. The van der Waals surface area contributed by atoms with Gasteiger partial charge in [0.2, 0.25) is 12.5 Å². The average Bonchev–Trinajstić information content (AvgIpc) is 3.90. The van der Waals surface area contributed by atoms with Crippen molar-refractivity contribution in [2.45, 2.75) is 62.7 Å². The predicted octanol–water partition coefficient (Wildman–Crippen LogP) is 0.783. The molecule has 5 heterocycles. The summed E-state index contributed by atoms with van der Waals surface area (Å²) in [4.78, 5) is 77.6. The molecule has 4 amide bonds. The van der Waals surface area contributed by atoms with Crippen LogP contribution >= 0.6 is 23.1 Å². The molecule has 2 atom stereocenters. The van der Waals surface area contributed by atoms with Crippen molar-refractivity contribution in [1.29, 1.82) is 0 Å². The number of nitrogens with two attached hydrogens (primary N) is 1. The first-order valence-electron chi connectivity index (χ1n) is 17.3. The number of thioether (sulfide) groups is 1. The number of allylic oxidation sites excluding steroid dienone is 1. The first-order valence-corrected chi connectivity index (χ1v) is 19.2. The third-order valence-corrected chi connectivity index (χ3v) is 11.4. The fourth-order valence-corrected chi connectivity index (χ4v) is 8.56. The van der Waals surface area contributed by atoms with Gasteiger partial charge in [-0.25, -0.2) is 4.98 Å². The second kappa shape index (κ2) is 15.7. The van der Waals surface area contributed by atoms with Crippen LogP contribution in [0.15, 0.2) is 82.2 Å². The number of phenolic OH excluding ortho intramolecular Hbond substituents is 1. The van der Waals surface area contributed by atoms with Crippen molar-refractivity contribution in [3.05, 3.63) is 88.3 Å². The summed E-state index contributed by atoms with van der Waals surface area (Å²) in [6.45, 7) is 0.747. The van der Waals surface area contributed by atoms with E-state index < -0.39 is 29.2 Å². The molecular weight excluding hydrogens is 737 g/mol. The van der Waals surface area contributed by atoms with Crippen molar-refractivity contribution in [2.24, 2.45) is 5.16 Å². The standard InChI is InChI=1S/C36H36N8O8S2/c37-36-39-26(19-54-36)28(41-52-25-6-1-2-7-25)31(47)40-29-33(49)44-30(35(50)51)22(18-53-34(29)44)14-21-10-13-43(32(21)48)16-20-8-11-42(12-9-20)17-27(46)38-23-4-3-5-24(45)15-23/h3-5,8-9,11-12,14-15,19,25,29,34H,1-2,6-7,10,13,16-18H2,(H5-,37,38,39,40,45,46,47,50,51)/t29-,34-/m1/s1. The van der Waals surface area contributed by atoms with Gasteiger partial charge in [-0.3, -0.25) is 24.1 Å². The van der Waals surface area contributed by atoms with E-state index in [4.69, 9.17) is 10.6 Å². The van der Waals surface area contributed by atoms with Crippen LogP contribution in [0.1, 0.15) is 43.4 Å². The summed E-state index contributed by atoms with van der Waals surface area (Å²) in [6.07, 6.45) is 8.85. The van der Waals surface area contributed by atoms with Crippen molar-refractivity contribution in [3.8, 4) is 5.75 Å². The van der Waals surface area contributed by atoms with Crippen molar-refractivity contribution >= 4 is 69.2 Å². The summed E-state index contributed by atoms with van der Waals surface area (Å²) in [6, 6.07) is 8.83. The molecule has 5 N–H and O–H groups in total. The lowest BCUT2D eigenvalue weighted by Gasteiger charge is -2.50. The first kappa shape index (κ1) is 36.6. The molecule has 18 heteroatoms. The van der Waals surface area contributed by atoms with Gasteiger partial charge >= 0.3 is 0 Å². The normalized spacial score (nSPS) is 21.0. The maximum absolute atomic E-state index is 13.4. The number of carboxylic acid groups (broad SMARTS) is 1. The van der Waals surface area contributed by atoms with Crippen LogP contribution in [-0.4, -0.2) is 85.0 Å². The number of phenols is 1. The molecule has 1 saturated carbocycles. The van der Waals surface area contributed by atoms with Crippen LogP contribution in [0.3, 0.4) is 0 Å². The number of anilines is 2. The minimum atomic E-state index is -1.56. The van der Waals surface area contributed by atoms with Crippen LogP contribution in [0.5, 0.6) is 5.75 Å². The number of nitrogen functional groups attached to an aromatic ring is 1. The molecule has 2 aromatic heterocycles. The molecule has 7 rings (SSSR count). The van der Waals surface area contributed by atoms with E-state index in [-0.39, 0.29) is 63.8 Å². The van der Waals surface area contributed by atoms with Gasteiger partial charge < -0.3 is 41.1 Å². The Kier molecular flexibility index (Phi) is 10.6. The fourth-order valence-electron chi connectivity index (χ4n) is 6.71. The molecule has 16 nitrogen and oxygen atoms in total. The van der Waals surface area contributed by atoms with Gasteiger partial charge in [0.1, 0.15) is 29.0 Å². The molecule has 0 spiro atoms. The monoisotopic (exact) mass is 772 g/mol. The molecule has 3 aliphatic heterocycles. The maximum atomic E-state index is 13.4. The number of nitrogens with zero attached hydrogens (tertiary/aromatic N) is 5. The van der Waals surface area contributed by atoms with Gasteiger partial charge in [0.05, 0.1) is 11.7 Å². The first-order chi connectivity index (χ1) is 26.0. The summed E-state index contributed by atoms with van der Waals surface area (Å²) in [5, 5.41) is 32.6. The number of amides is 4. The molecule has 3 aromatic rings. The third-order valence-electron chi connectivity index (χ3n) is 9.40. The number of hydrogen-bond donors (Lipinski definition) is 4. The molecule has 0 bridgehead atoms. The smallest absolute Gasteiger partial charge is 0.290 e. The predicted molar refractivity (Wildman–Crippen MR) is 195 cm³/mol. The third kappa shape index (κ3) is 7.93. The Labute approximate surface area is 317 Å². The van der Waals surface area contributed by atoms with Crippen LogP contribution in [0.25, 0.3) is 0 Å². The van der Waals surface area contributed by atoms with E-state index in [1.165, 1.54) is 30.0 Å². The minimum Gasteiger partial charge on any atom is -0.543 e. The quantitative estimate of drug-likeness (QED) is 0.0662. The Morgan fingerprint density at radius 3 is 2.65 bits per heavy atom. The van der Waals surface area contributed by atoms with Crippen LogP contribution < -0.4 is 26.0 Å². The van der Waals surface area contributed by atoms with Gasteiger partial charge in [-0.1, -0.05) is 11.2 Å². The number of likely N-dealkylation sites (tertiary alicyclic amines) is 1. The number of β-lactam (4-membered cyclic amide) rings is 1. The number of fused-ring (bicyclic) bond motifs is 1. The van der Waals surface area contributed by atoms with Crippen LogP contribution in [0.2, 0.25) is 0 Å². The summed E-state index contributed by atoms with van der Waals surface area (Å²) in [5.41, 5.74) is 7.52. The Bertz CT molecular complexity index is 2090. The number of nitrogens with one attached hydrogen (secondary N) is 2. The number of rotatable bonds is 12. The zero-order chi connectivity index (χ0) is 37.9. The number of thiazole rings is 1. The van der Waals surface area contributed by atoms with Crippen LogP contribution in [0.4, 0.5) is 10.8 Å². The second-order valence-electron chi connectivity index (χ2n) is 13.2. The Morgan fingerprint density at radius 2 is 1.94 bits per heavy atom. The number of hydrogen-bond acceptors (Lipinski definition) is 13. The number of pyridine rings is 1. The second-order valence-corrected chi connectivity index (χ2v) is 15.2. The van der Waals surface area contributed by atoms with E-state index in [9.17, 15) is 34.2 Å². The number of carboxylic acids is 1. The molecule has 3 fully saturated rings. The van der Waals surface area contributed by atoms with E-state index in [0.717, 1.165) is 47.5 Å². The number of oxime groups is 1. The van der Waals surface area contributed by atoms with Gasteiger partial charge in [-0.05, 0) is 61.4 Å². The van der Waals surface area contributed by atoms with E-state index in [2.05, 4.69) is 20.8 Å². The van der Waals surface area contributed by atoms with Gasteiger partial charge in [0.25, 0.3) is 17.7 Å². The average molecular weight is 773 g/mol. The summed E-state index contributed by atoms with van der Waals surface area (Å²) >= 11 is 2.39.